The van der Waals surface area contributed by atoms with Crippen molar-refractivity contribution in [1.82, 2.24) is 9.97 Å². The van der Waals surface area contributed by atoms with Crippen molar-refractivity contribution in [3.63, 3.8) is 0 Å². The van der Waals surface area contributed by atoms with E-state index in [4.69, 9.17) is 4.42 Å². The Morgan fingerprint density at radius 1 is 0.349 bits per heavy atom. The van der Waals surface area contributed by atoms with Crippen LogP contribution in [0.3, 0.4) is 0 Å². The van der Waals surface area contributed by atoms with Gasteiger partial charge in [0.2, 0.25) is 0 Å². The van der Waals surface area contributed by atoms with Gasteiger partial charge < -0.3 is 4.42 Å². The van der Waals surface area contributed by atoms with Gasteiger partial charge in [0, 0.05) is 57.8 Å². The first-order valence-electron chi connectivity index (χ1n) is 14.4. The summed E-state index contributed by atoms with van der Waals surface area (Å²) in [7, 11) is 0. The summed E-state index contributed by atoms with van der Waals surface area (Å²) in [4.78, 5) is 8.76. The van der Waals surface area contributed by atoms with Crippen LogP contribution in [0.2, 0.25) is 0 Å². The second-order valence-corrected chi connectivity index (χ2v) is 10.7. The van der Waals surface area contributed by atoms with Gasteiger partial charge in [-0.05, 0) is 63.7 Å². The van der Waals surface area contributed by atoms with Crippen LogP contribution in [-0.4, -0.2) is 9.97 Å². The second-order valence-electron chi connectivity index (χ2n) is 10.7. The lowest BCUT2D eigenvalue weighted by atomic mass is 9.93. The minimum Gasteiger partial charge on any atom is -0.455 e. The summed E-state index contributed by atoms with van der Waals surface area (Å²) in [5.41, 5.74) is 12.8. The lowest BCUT2D eigenvalue weighted by molar-refractivity contribution is 0.671. The second kappa shape index (κ2) is 10.6. The Bertz CT molecular complexity index is 2160. The van der Waals surface area contributed by atoms with Gasteiger partial charge in [-0.15, -0.1) is 0 Å². The zero-order valence-corrected chi connectivity index (χ0v) is 23.3. The zero-order chi connectivity index (χ0) is 28.6. The summed E-state index contributed by atoms with van der Waals surface area (Å²) >= 11 is 0. The van der Waals surface area contributed by atoms with Gasteiger partial charge >= 0.3 is 0 Å². The molecule has 3 heterocycles. The molecular formula is C40H26N2O. The van der Waals surface area contributed by atoms with Crippen molar-refractivity contribution in [2.24, 2.45) is 0 Å². The molecule has 3 nitrogen and oxygen atoms in total. The van der Waals surface area contributed by atoms with Gasteiger partial charge in [0.25, 0.3) is 0 Å². The van der Waals surface area contributed by atoms with E-state index in [1.807, 2.05) is 24.5 Å². The van der Waals surface area contributed by atoms with E-state index in [2.05, 4.69) is 131 Å². The Labute approximate surface area is 249 Å². The fraction of sp³-hybridized carbons (Fsp3) is 0. The Balaban J connectivity index is 1.36. The highest BCUT2D eigenvalue weighted by Crippen LogP contribution is 2.43. The first-order chi connectivity index (χ1) is 21.3. The number of benzene rings is 5. The molecule has 0 aliphatic rings. The van der Waals surface area contributed by atoms with Gasteiger partial charge in [0.05, 0.1) is 0 Å². The number of pyridine rings is 2. The highest BCUT2D eigenvalue weighted by molar-refractivity contribution is 6.14. The first kappa shape index (κ1) is 25.0. The van der Waals surface area contributed by atoms with Crippen LogP contribution in [0.25, 0.3) is 77.6 Å². The molecule has 0 atom stereocenters. The van der Waals surface area contributed by atoms with Crippen LogP contribution in [0.4, 0.5) is 0 Å². The van der Waals surface area contributed by atoms with Crippen molar-refractivity contribution >= 4 is 21.9 Å². The Morgan fingerprint density at radius 2 is 0.860 bits per heavy atom. The average Bonchev–Trinajstić information content (AvgIpc) is 3.48. The molecule has 0 aliphatic heterocycles. The molecule has 0 N–H and O–H groups in total. The lowest BCUT2D eigenvalue weighted by Gasteiger charge is -2.11. The van der Waals surface area contributed by atoms with Crippen LogP contribution in [0, 0.1) is 0 Å². The fourth-order valence-electron chi connectivity index (χ4n) is 6.03. The van der Waals surface area contributed by atoms with Crippen LogP contribution in [0.5, 0.6) is 0 Å². The minimum absolute atomic E-state index is 0.877. The number of furan rings is 1. The summed E-state index contributed by atoms with van der Waals surface area (Å²) in [5.74, 6) is 0. The van der Waals surface area contributed by atoms with Crippen LogP contribution in [-0.2, 0) is 0 Å². The molecule has 0 radical (unpaired) electrons. The Hall–Kier alpha value is -5.80. The highest BCUT2D eigenvalue weighted by Gasteiger charge is 2.18. The number of aromatic nitrogens is 2. The van der Waals surface area contributed by atoms with E-state index in [1.165, 1.54) is 11.1 Å². The summed E-state index contributed by atoms with van der Waals surface area (Å²) in [6.07, 6.45) is 7.42. The molecule has 0 spiro atoms. The summed E-state index contributed by atoms with van der Waals surface area (Å²) < 4.78 is 6.88. The molecule has 8 aromatic rings. The zero-order valence-electron chi connectivity index (χ0n) is 23.3. The van der Waals surface area contributed by atoms with Gasteiger partial charge in [-0.1, -0.05) is 103 Å². The minimum atomic E-state index is 0.877. The fourth-order valence-corrected chi connectivity index (χ4v) is 6.03. The third-order valence-corrected chi connectivity index (χ3v) is 8.06. The quantitative estimate of drug-likeness (QED) is 0.214. The van der Waals surface area contributed by atoms with Crippen LogP contribution in [0.1, 0.15) is 0 Å². The van der Waals surface area contributed by atoms with Crippen molar-refractivity contribution in [3.8, 4) is 55.6 Å². The number of fused-ring (bicyclic) bond motifs is 3. The summed E-state index contributed by atoms with van der Waals surface area (Å²) in [5, 5.41) is 2.20. The van der Waals surface area contributed by atoms with Crippen molar-refractivity contribution in [1.29, 1.82) is 0 Å². The molecular weight excluding hydrogens is 524 g/mol. The number of hydrogen-bond acceptors (Lipinski definition) is 3. The van der Waals surface area contributed by atoms with E-state index >= 15 is 0 Å². The van der Waals surface area contributed by atoms with E-state index in [1.54, 1.807) is 12.4 Å². The molecule has 0 unspecified atom stereocenters. The maximum atomic E-state index is 6.88. The lowest BCUT2D eigenvalue weighted by Crippen LogP contribution is -1.87. The largest absolute Gasteiger partial charge is 0.455 e. The van der Waals surface area contributed by atoms with E-state index in [9.17, 15) is 0 Å². The molecule has 8 rings (SSSR count). The van der Waals surface area contributed by atoms with Crippen molar-refractivity contribution in [3.05, 3.63) is 158 Å². The maximum Gasteiger partial charge on any atom is 0.143 e. The molecule has 5 aromatic carbocycles. The monoisotopic (exact) mass is 550 g/mol. The Morgan fingerprint density at radius 3 is 1.49 bits per heavy atom. The maximum absolute atomic E-state index is 6.88. The highest BCUT2D eigenvalue weighted by atomic mass is 16.3. The number of rotatable bonds is 5. The van der Waals surface area contributed by atoms with Gasteiger partial charge in [0.15, 0.2) is 0 Å². The van der Waals surface area contributed by atoms with Gasteiger partial charge in [-0.2, -0.15) is 0 Å². The number of hydrogen-bond donors (Lipinski definition) is 0. The van der Waals surface area contributed by atoms with Gasteiger partial charge in [-0.3, -0.25) is 9.97 Å². The smallest absolute Gasteiger partial charge is 0.143 e. The van der Waals surface area contributed by atoms with Crippen molar-refractivity contribution in [2.75, 3.05) is 0 Å². The van der Waals surface area contributed by atoms with Gasteiger partial charge in [0.1, 0.15) is 11.2 Å². The molecule has 0 saturated heterocycles. The summed E-state index contributed by atoms with van der Waals surface area (Å²) in [6, 6.07) is 46.8. The van der Waals surface area contributed by atoms with Crippen LogP contribution >= 0.6 is 0 Å². The number of para-hydroxylation sites is 2. The van der Waals surface area contributed by atoms with E-state index < -0.39 is 0 Å². The Kier molecular flexibility index (Phi) is 6.12. The van der Waals surface area contributed by atoms with Crippen LogP contribution < -0.4 is 0 Å². The van der Waals surface area contributed by atoms with E-state index in [0.29, 0.717) is 0 Å². The molecule has 0 aliphatic carbocycles. The van der Waals surface area contributed by atoms with E-state index in [-0.39, 0.29) is 0 Å². The third-order valence-electron chi connectivity index (χ3n) is 8.06. The van der Waals surface area contributed by atoms with Gasteiger partial charge in [-0.25, -0.2) is 0 Å². The van der Waals surface area contributed by atoms with Crippen molar-refractivity contribution in [2.45, 2.75) is 0 Å². The topological polar surface area (TPSA) is 38.9 Å². The molecule has 202 valence electrons. The standard InChI is InChI=1S/C40H26N2O/c1-2-10-27(11-3-1)33-14-4-5-15-35(33)36-17-7-19-38-37-18-6-16-34(39(37)43-40(36)38)32-23-30(28-12-8-20-41-25-28)22-31(24-32)29-13-9-21-42-26-29/h1-26H. The molecule has 3 heteroatoms. The molecule has 3 aromatic heterocycles. The SMILES string of the molecule is c1ccc(-c2ccccc2-c2cccc3c2oc2c(-c4cc(-c5cccnc5)cc(-c5cccnc5)c4)cccc23)cc1. The van der Waals surface area contributed by atoms with Crippen LogP contribution in [0.15, 0.2) is 163 Å². The molecule has 0 amide bonds. The number of nitrogens with zero attached hydrogens (tertiary/aromatic N) is 2. The molecule has 43 heavy (non-hydrogen) atoms. The predicted octanol–water partition coefficient (Wildman–Crippen LogP) is 10.7. The first-order valence-corrected chi connectivity index (χ1v) is 14.4. The average molecular weight is 551 g/mol. The molecule has 0 saturated carbocycles. The molecule has 0 bridgehead atoms. The molecule has 0 fully saturated rings. The normalized spacial score (nSPS) is 11.3. The summed E-state index contributed by atoms with van der Waals surface area (Å²) in [6.45, 7) is 0. The predicted molar refractivity (Wildman–Crippen MR) is 176 cm³/mol. The van der Waals surface area contributed by atoms with E-state index in [0.717, 1.165) is 66.4 Å². The van der Waals surface area contributed by atoms with Crippen molar-refractivity contribution < 1.29 is 4.42 Å². The third kappa shape index (κ3) is 4.48.